The highest BCUT2D eigenvalue weighted by Gasteiger charge is 2.36. The van der Waals surface area contributed by atoms with Crippen LogP contribution in [0.1, 0.15) is 40.0 Å². The second kappa shape index (κ2) is 11.8. The Morgan fingerprint density at radius 1 is 0.733 bits per heavy atom. The first-order chi connectivity index (χ1) is 14.2. The monoisotopic (exact) mass is 426 g/mol. The Morgan fingerprint density at radius 2 is 1.13 bits per heavy atom. The van der Waals surface area contributed by atoms with Gasteiger partial charge in [0.15, 0.2) is 0 Å². The third-order valence-electron chi connectivity index (χ3n) is 4.51. The summed E-state index contributed by atoms with van der Waals surface area (Å²) in [5, 5.41) is 18.8. The van der Waals surface area contributed by atoms with E-state index in [4.69, 9.17) is 0 Å². The van der Waals surface area contributed by atoms with Crippen LogP contribution in [0.15, 0.2) is 18.2 Å². The summed E-state index contributed by atoms with van der Waals surface area (Å²) in [4.78, 5) is 44.9. The van der Waals surface area contributed by atoms with Crippen molar-refractivity contribution in [3.63, 3.8) is 0 Å². The molecule has 2 N–H and O–H groups in total. The molecule has 30 heavy (non-hydrogen) atoms. The van der Waals surface area contributed by atoms with E-state index in [0.29, 0.717) is 19.3 Å². The largest absolute Gasteiger partial charge is 0.508 e. The highest BCUT2D eigenvalue weighted by Crippen LogP contribution is 2.30. The molecule has 2 rings (SSSR count). The number of aliphatic hydroxyl groups excluding tert-OH is 1. The smallest absolute Gasteiger partial charge is 0.338 e. The number of hydrogen-bond acceptors (Lipinski definition) is 10. The van der Waals surface area contributed by atoms with Gasteiger partial charge < -0.3 is 29.2 Å². The molecule has 0 heterocycles. The van der Waals surface area contributed by atoms with Crippen molar-refractivity contribution in [2.75, 3.05) is 28.4 Å². The minimum absolute atomic E-state index is 0.0953. The van der Waals surface area contributed by atoms with Crippen LogP contribution in [-0.2, 0) is 28.5 Å². The van der Waals surface area contributed by atoms with Crippen molar-refractivity contribution in [2.24, 2.45) is 11.8 Å². The summed E-state index contributed by atoms with van der Waals surface area (Å²) < 4.78 is 18.1. The third kappa shape index (κ3) is 7.03. The lowest BCUT2D eigenvalue weighted by Gasteiger charge is -2.29. The van der Waals surface area contributed by atoms with Crippen LogP contribution >= 0.6 is 0 Å². The van der Waals surface area contributed by atoms with Gasteiger partial charge in [0.05, 0.1) is 57.5 Å². The lowest BCUT2D eigenvalue weighted by atomic mass is 9.80. The fourth-order valence-corrected chi connectivity index (χ4v) is 3.09. The molecular formula is C20H26O10. The normalized spacial score (nSPS) is 20.1. The number of carbonyl (C=O) groups excluding carboxylic acids is 4. The van der Waals surface area contributed by atoms with E-state index in [2.05, 4.69) is 18.9 Å². The van der Waals surface area contributed by atoms with Crippen LogP contribution in [-0.4, -0.2) is 68.6 Å². The Kier molecular flexibility index (Phi) is 9.76. The van der Waals surface area contributed by atoms with Gasteiger partial charge in [-0.1, -0.05) is 0 Å². The number of aliphatic hydroxyl groups is 1. The molecule has 1 aliphatic carbocycles. The molecule has 10 nitrogen and oxygen atoms in total. The van der Waals surface area contributed by atoms with E-state index in [1.54, 1.807) is 0 Å². The van der Waals surface area contributed by atoms with E-state index in [0.717, 1.165) is 0 Å². The number of ether oxygens (including phenoxy) is 4. The van der Waals surface area contributed by atoms with Gasteiger partial charge in [0.2, 0.25) is 0 Å². The SMILES string of the molecule is COC(=O)C1CC(O)CC(C(=O)OC)C1.COC(=O)c1cc(O)cc(C(=O)OC)c1. The Morgan fingerprint density at radius 3 is 1.47 bits per heavy atom. The van der Waals surface area contributed by atoms with Crippen LogP contribution in [0.2, 0.25) is 0 Å². The lowest BCUT2D eigenvalue weighted by Crippen LogP contribution is -2.35. The zero-order valence-corrected chi connectivity index (χ0v) is 17.2. The van der Waals surface area contributed by atoms with Crippen LogP contribution in [0.4, 0.5) is 0 Å². The summed E-state index contributed by atoms with van der Waals surface area (Å²) in [5.74, 6) is -3.00. The van der Waals surface area contributed by atoms with Crippen molar-refractivity contribution in [3.8, 4) is 5.75 Å². The highest BCUT2D eigenvalue weighted by atomic mass is 16.5. The first kappa shape index (κ1) is 24.9. The summed E-state index contributed by atoms with van der Waals surface area (Å²) in [7, 11) is 5.03. The third-order valence-corrected chi connectivity index (χ3v) is 4.51. The Labute approximate surface area is 173 Å². The number of rotatable bonds is 4. The van der Waals surface area contributed by atoms with Crippen molar-refractivity contribution in [1.29, 1.82) is 0 Å². The van der Waals surface area contributed by atoms with Crippen molar-refractivity contribution in [1.82, 2.24) is 0 Å². The first-order valence-corrected chi connectivity index (χ1v) is 9.01. The molecule has 2 unspecified atom stereocenters. The number of carbonyl (C=O) groups is 4. The van der Waals surface area contributed by atoms with E-state index in [1.165, 1.54) is 46.6 Å². The van der Waals surface area contributed by atoms with Gasteiger partial charge in [0, 0.05) is 0 Å². The average molecular weight is 426 g/mol. The number of aromatic hydroxyl groups is 1. The summed E-state index contributed by atoms with van der Waals surface area (Å²) >= 11 is 0. The van der Waals surface area contributed by atoms with Gasteiger partial charge in [-0.3, -0.25) is 9.59 Å². The first-order valence-electron chi connectivity index (χ1n) is 9.01. The molecule has 2 atom stereocenters. The molecule has 0 saturated heterocycles. The molecule has 1 aromatic carbocycles. The van der Waals surface area contributed by atoms with Gasteiger partial charge in [-0.15, -0.1) is 0 Å². The standard InChI is InChI=1S/C10H16O5.C10H10O5/c2*1-14-9(12)6-3-7(10(13)15-2)5-8(11)4-6/h6-8,11H,3-5H2,1-2H3;3-5,11H,1-2H3. The number of benzene rings is 1. The average Bonchev–Trinajstić information content (AvgIpc) is 2.76. The van der Waals surface area contributed by atoms with Crippen LogP contribution in [0.25, 0.3) is 0 Å². The predicted molar refractivity (Wildman–Crippen MR) is 102 cm³/mol. The Bertz CT molecular complexity index is 715. The van der Waals surface area contributed by atoms with Crippen molar-refractivity contribution in [3.05, 3.63) is 29.3 Å². The van der Waals surface area contributed by atoms with Gasteiger partial charge >= 0.3 is 23.9 Å². The molecule has 0 aliphatic heterocycles. The Hall–Kier alpha value is -3.14. The van der Waals surface area contributed by atoms with Gasteiger partial charge in [-0.25, -0.2) is 9.59 Å². The molecule has 0 spiro atoms. The zero-order valence-electron chi connectivity index (χ0n) is 17.2. The molecule has 0 radical (unpaired) electrons. The molecular weight excluding hydrogens is 400 g/mol. The van der Waals surface area contributed by atoms with Gasteiger partial charge in [0.25, 0.3) is 0 Å². The minimum atomic E-state index is -0.632. The number of phenols is 1. The van der Waals surface area contributed by atoms with E-state index in [-0.39, 0.29) is 28.8 Å². The summed E-state index contributed by atoms with van der Waals surface area (Å²) in [6.45, 7) is 0. The van der Waals surface area contributed by atoms with Crippen LogP contribution in [0, 0.1) is 11.8 Å². The van der Waals surface area contributed by atoms with Gasteiger partial charge in [-0.05, 0) is 37.5 Å². The molecule has 10 heteroatoms. The van der Waals surface area contributed by atoms with Crippen LogP contribution in [0.3, 0.4) is 0 Å². The molecule has 166 valence electrons. The zero-order chi connectivity index (χ0) is 22.8. The molecule has 1 aliphatic rings. The molecule has 0 amide bonds. The maximum atomic E-state index is 11.3. The Balaban J connectivity index is 0.000000300. The maximum absolute atomic E-state index is 11.3. The lowest BCUT2D eigenvalue weighted by molar-refractivity contribution is -0.154. The number of phenolic OH excluding ortho intramolecular Hbond substituents is 1. The van der Waals surface area contributed by atoms with Gasteiger partial charge in [-0.2, -0.15) is 0 Å². The van der Waals surface area contributed by atoms with E-state index in [9.17, 15) is 29.4 Å². The minimum Gasteiger partial charge on any atom is -0.508 e. The fraction of sp³-hybridized carbons (Fsp3) is 0.500. The van der Waals surface area contributed by atoms with E-state index < -0.39 is 29.9 Å². The maximum Gasteiger partial charge on any atom is 0.338 e. The summed E-state index contributed by atoms with van der Waals surface area (Å²) in [6, 6.07) is 3.70. The molecule has 1 saturated carbocycles. The molecule has 1 aromatic rings. The van der Waals surface area contributed by atoms with E-state index in [1.807, 2.05) is 0 Å². The van der Waals surface area contributed by atoms with Crippen LogP contribution in [0.5, 0.6) is 5.75 Å². The highest BCUT2D eigenvalue weighted by molar-refractivity contribution is 5.95. The molecule has 0 bridgehead atoms. The molecule has 0 aromatic heterocycles. The second-order valence-corrected chi connectivity index (χ2v) is 6.55. The number of esters is 4. The fourth-order valence-electron chi connectivity index (χ4n) is 3.09. The van der Waals surface area contributed by atoms with Crippen LogP contribution < -0.4 is 0 Å². The van der Waals surface area contributed by atoms with E-state index >= 15 is 0 Å². The predicted octanol–water partition coefficient (Wildman–Crippen LogP) is 1.07. The quantitative estimate of drug-likeness (QED) is 0.529. The number of methoxy groups -OCH3 is 4. The van der Waals surface area contributed by atoms with Crippen molar-refractivity contribution >= 4 is 23.9 Å². The summed E-state index contributed by atoms with van der Waals surface area (Å²) in [5.41, 5.74) is 0.191. The van der Waals surface area contributed by atoms with Gasteiger partial charge in [0.1, 0.15) is 5.75 Å². The molecule has 1 fully saturated rings. The summed E-state index contributed by atoms with van der Waals surface area (Å²) in [6.07, 6.45) is 0.489. The van der Waals surface area contributed by atoms with Crippen molar-refractivity contribution < 1.29 is 48.3 Å². The van der Waals surface area contributed by atoms with Crippen molar-refractivity contribution in [2.45, 2.75) is 25.4 Å². The topological polar surface area (TPSA) is 146 Å². The number of hydrogen-bond donors (Lipinski definition) is 2. The second-order valence-electron chi connectivity index (χ2n) is 6.55.